The third kappa shape index (κ3) is 3.71. The van der Waals surface area contributed by atoms with Gasteiger partial charge in [-0.2, -0.15) is 0 Å². The molecule has 0 bridgehead atoms. The van der Waals surface area contributed by atoms with Gasteiger partial charge in [-0.15, -0.1) is 0 Å². The molecule has 0 aromatic heterocycles. The number of hydrogen-bond donors (Lipinski definition) is 3. The second kappa shape index (κ2) is 6.80. The van der Waals surface area contributed by atoms with E-state index in [9.17, 15) is 4.79 Å². The first kappa shape index (κ1) is 13.4. The Balaban J connectivity index is 2.39. The molecule has 16 heavy (non-hydrogen) atoms. The van der Waals surface area contributed by atoms with Crippen LogP contribution in [0.1, 0.15) is 6.92 Å². The molecule has 0 saturated carbocycles. The summed E-state index contributed by atoms with van der Waals surface area (Å²) < 4.78 is 5.16. The van der Waals surface area contributed by atoms with Crippen molar-refractivity contribution in [3.05, 3.63) is 0 Å². The lowest BCUT2D eigenvalue weighted by molar-refractivity contribution is -0.137. The molecule has 1 heterocycles. The normalized spacial score (nSPS) is 18.9. The molecule has 1 amide bonds. The summed E-state index contributed by atoms with van der Waals surface area (Å²) in [6, 6.07) is -0.845. The van der Waals surface area contributed by atoms with Gasteiger partial charge in [-0.05, 0) is 6.92 Å². The summed E-state index contributed by atoms with van der Waals surface area (Å²) in [5.41, 5.74) is 0. The predicted octanol–water partition coefficient (Wildman–Crippen LogP) is -1.82. The highest BCUT2D eigenvalue weighted by molar-refractivity contribution is 5.81. The van der Waals surface area contributed by atoms with E-state index in [0.29, 0.717) is 26.3 Å². The van der Waals surface area contributed by atoms with E-state index in [-0.39, 0.29) is 19.1 Å². The third-order valence-corrected chi connectivity index (χ3v) is 2.62. The Morgan fingerprint density at radius 3 is 2.44 bits per heavy atom. The zero-order valence-corrected chi connectivity index (χ0v) is 9.56. The van der Waals surface area contributed by atoms with Gasteiger partial charge in [-0.25, -0.2) is 0 Å². The number of nitrogens with one attached hydrogen (secondary N) is 1. The van der Waals surface area contributed by atoms with Gasteiger partial charge in [0.1, 0.15) is 0 Å². The summed E-state index contributed by atoms with van der Waals surface area (Å²) in [5.74, 6) is -0.0183. The van der Waals surface area contributed by atoms with Crippen molar-refractivity contribution in [1.82, 2.24) is 10.2 Å². The van der Waals surface area contributed by atoms with Gasteiger partial charge in [0.2, 0.25) is 5.91 Å². The standard InChI is InChI=1S/C10H20N2O4/c1-8(11-9(6-13)7-14)10(15)12-2-4-16-5-3-12/h8-9,11,13-14H,2-7H2,1H3. The molecule has 1 saturated heterocycles. The van der Waals surface area contributed by atoms with Gasteiger partial charge in [0, 0.05) is 13.1 Å². The van der Waals surface area contributed by atoms with Gasteiger partial charge < -0.3 is 19.8 Å². The maximum atomic E-state index is 11.9. The van der Waals surface area contributed by atoms with E-state index >= 15 is 0 Å². The van der Waals surface area contributed by atoms with E-state index in [0.717, 1.165) is 0 Å². The number of aliphatic hydroxyl groups excluding tert-OH is 2. The van der Waals surface area contributed by atoms with E-state index in [1.54, 1.807) is 11.8 Å². The number of carbonyl (C=O) groups is 1. The number of hydrogen-bond acceptors (Lipinski definition) is 5. The van der Waals surface area contributed by atoms with E-state index in [4.69, 9.17) is 14.9 Å². The lowest BCUT2D eigenvalue weighted by Crippen LogP contribution is -2.52. The smallest absolute Gasteiger partial charge is 0.239 e. The Hall–Kier alpha value is -0.690. The summed E-state index contributed by atoms with van der Waals surface area (Å²) in [6.45, 7) is 3.72. The molecule has 1 aliphatic rings. The van der Waals surface area contributed by atoms with Gasteiger partial charge in [0.15, 0.2) is 0 Å². The molecule has 1 unspecified atom stereocenters. The van der Waals surface area contributed by atoms with Crippen LogP contribution in [0.2, 0.25) is 0 Å². The molecule has 1 aliphatic heterocycles. The monoisotopic (exact) mass is 232 g/mol. The highest BCUT2D eigenvalue weighted by atomic mass is 16.5. The van der Waals surface area contributed by atoms with E-state index < -0.39 is 12.1 Å². The number of rotatable bonds is 5. The van der Waals surface area contributed by atoms with Crippen molar-refractivity contribution >= 4 is 5.91 Å². The average molecular weight is 232 g/mol. The lowest BCUT2D eigenvalue weighted by atomic mass is 10.2. The van der Waals surface area contributed by atoms with Crippen LogP contribution in [0.25, 0.3) is 0 Å². The topological polar surface area (TPSA) is 82.0 Å². The predicted molar refractivity (Wildman–Crippen MR) is 58.0 cm³/mol. The molecule has 0 aromatic carbocycles. The van der Waals surface area contributed by atoms with Crippen molar-refractivity contribution in [3.8, 4) is 0 Å². The first-order valence-electron chi connectivity index (χ1n) is 5.53. The highest BCUT2D eigenvalue weighted by Crippen LogP contribution is 2.01. The first-order chi connectivity index (χ1) is 7.69. The average Bonchev–Trinajstić information content (AvgIpc) is 2.35. The van der Waals surface area contributed by atoms with Crippen LogP contribution >= 0.6 is 0 Å². The largest absolute Gasteiger partial charge is 0.395 e. The minimum atomic E-state index is -0.444. The Bertz CT molecular complexity index is 215. The Morgan fingerprint density at radius 2 is 1.94 bits per heavy atom. The van der Waals surface area contributed by atoms with Crippen molar-refractivity contribution in [1.29, 1.82) is 0 Å². The van der Waals surface area contributed by atoms with Crippen molar-refractivity contribution < 1.29 is 19.7 Å². The fraction of sp³-hybridized carbons (Fsp3) is 0.900. The number of aliphatic hydroxyl groups is 2. The van der Waals surface area contributed by atoms with Gasteiger partial charge in [-0.1, -0.05) is 0 Å². The van der Waals surface area contributed by atoms with Crippen molar-refractivity contribution in [3.63, 3.8) is 0 Å². The minimum Gasteiger partial charge on any atom is -0.395 e. The molecule has 1 rings (SSSR count). The van der Waals surface area contributed by atoms with Crippen LogP contribution in [-0.2, 0) is 9.53 Å². The van der Waals surface area contributed by atoms with Crippen molar-refractivity contribution in [2.24, 2.45) is 0 Å². The Kier molecular flexibility index (Phi) is 5.68. The quantitative estimate of drug-likeness (QED) is 0.520. The van der Waals surface area contributed by atoms with Crippen LogP contribution in [0, 0.1) is 0 Å². The van der Waals surface area contributed by atoms with Gasteiger partial charge in [-0.3, -0.25) is 10.1 Å². The summed E-state index contributed by atoms with van der Waals surface area (Å²) in [6.07, 6.45) is 0. The molecule has 0 spiro atoms. The molecular formula is C10H20N2O4. The van der Waals surface area contributed by atoms with Crippen LogP contribution < -0.4 is 5.32 Å². The summed E-state index contributed by atoms with van der Waals surface area (Å²) in [4.78, 5) is 13.6. The van der Waals surface area contributed by atoms with Gasteiger partial charge >= 0.3 is 0 Å². The second-order valence-electron chi connectivity index (χ2n) is 3.89. The van der Waals surface area contributed by atoms with Gasteiger partial charge in [0.05, 0.1) is 38.5 Å². The van der Waals surface area contributed by atoms with Crippen LogP contribution in [0.15, 0.2) is 0 Å². The fourth-order valence-corrected chi connectivity index (χ4v) is 1.65. The first-order valence-corrected chi connectivity index (χ1v) is 5.53. The molecule has 0 aliphatic carbocycles. The fourth-order valence-electron chi connectivity index (χ4n) is 1.65. The van der Waals surface area contributed by atoms with Gasteiger partial charge in [0.25, 0.3) is 0 Å². The summed E-state index contributed by atoms with van der Waals surface area (Å²) in [7, 11) is 0. The maximum Gasteiger partial charge on any atom is 0.239 e. The SMILES string of the molecule is CC(NC(CO)CO)C(=O)N1CCOCC1. The van der Waals surface area contributed by atoms with E-state index in [1.807, 2.05) is 0 Å². The van der Waals surface area contributed by atoms with E-state index in [2.05, 4.69) is 5.32 Å². The molecule has 1 atom stereocenters. The lowest BCUT2D eigenvalue weighted by Gasteiger charge is -2.30. The highest BCUT2D eigenvalue weighted by Gasteiger charge is 2.23. The molecule has 94 valence electrons. The van der Waals surface area contributed by atoms with Crippen LogP contribution in [-0.4, -0.2) is 72.6 Å². The Labute approximate surface area is 95.2 Å². The Morgan fingerprint density at radius 1 is 1.38 bits per heavy atom. The molecule has 0 radical (unpaired) electrons. The number of ether oxygens (including phenoxy) is 1. The number of morpholine rings is 1. The molecule has 3 N–H and O–H groups in total. The summed E-state index contributed by atoms with van der Waals surface area (Å²) in [5, 5.41) is 20.7. The minimum absolute atomic E-state index is 0.0183. The zero-order chi connectivity index (χ0) is 12.0. The van der Waals surface area contributed by atoms with Crippen molar-refractivity contribution in [2.45, 2.75) is 19.0 Å². The number of carbonyl (C=O) groups excluding carboxylic acids is 1. The molecular weight excluding hydrogens is 212 g/mol. The molecule has 6 heteroatoms. The second-order valence-corrected chi connectivity index (χ2v) is 3.89. The molecule has 6 nitrogen and oxygen atoms in total. The maximum absolute atomic E-state index is 11.9. The zero-order valence-electron chi connectivity index (χ0n) is 9.56. The van der Waals surface area contributed by atoms with E-state index in [1.165, 1.54) is 0 Å². The van der Waals surface area contributed by atoms with Crippen LogP contribution in [0.3, 0.4) is 0 Å². The number of amides is 1. The molecule has 1 fully saturated rings. The summed E-state index contributed by atoms with van der Waals surface area (Å²) >= 11 is 0. The third-order valence-electron chi connectivity index (χ3n) is 2.62. The molecule has 0 aromatic rings. The van der Waals surface area contributed by atoms with Crippen LogP contribution in [0.5, 0.6) is 0 Å². The van der Waals surface area contributed by atoms with Crippen LogP contribution in [0.4, 0.5) is 0 Å². The van der Waals surface area contributed by atoms with Crippen molar-refractivity contribution in [2.75, 3.05) is 39.5 Å². The number of nitrogens with zero attached hydrogens (tertiary/aromatic N) is 1.